The highest BCUT2D eigenvalue weighted by atomic mass is 19.1. The first-order valence-corrected chi connectivity index (χ1v) is 9.82. The molecule has 3 aliphatic heterocycles. The lowest BCUT2D eigenvalue weighted by atomic mass is 9.73. The molecule has 7 heteroatoms. The molecule has 4 atom stereocenters. The predicted octanol–water partition coefficient (Wildman–Crippen LogP) is 2.03. The van der Waals surface area contributed by atoms with Gasteiger partial charge in [0.2, 0.25) is 0 Å². The largest absolute Gasteiger partial charge is 0.370 e. The van der Waals surface area contributed by atoms with Crippen LogP contribution in [0.4, 0.5) is 4.39 Å². The van der Waals surface area contributed by atoms with Crippen LogP contribution in [0.2, 0.25) is 0 Å². The quantitative estimate of drug-likeness (QED) is 0.857. The minimum atomic E-state index is -0.197. The number of aromatic nitrogens is 2. The van der Waals surface area contributed by atoms with E-state index in [2.05, 4.69) is 20.2 Å². The fraction of sp³-hybridized carbons (Fsp3) is 0.476. The zero-order valence-corrected chi connectivity index (χ0v) is 15.6. The molecule has 0 saturated carbocycles. The number of hydrogen-bond donors (Lipinski definition) is 1. The minimum absolute atomic E-state index is 0.111. The molecule has 2 aromatic rings. The fourth-order valence-corrected chi connectivity index (χ4v) is 5.29. The Balaban J connectivity index is 1.25. The number of likely N-dealkylation sites (tertiary alicyclic amines) is 1. The predicted molar refractivity (Wildman–Crippen MR) is 99.9 cm³/mol. The highest BCUT2D eigenvalue weighted by Gasteiger charge is 2.62. The lowest BCUT2D eigenvalue weighted by Gasteiger charge is -2.29. The lowest BCUT2D eigenvalue weighted by molar-refractivity contribution is 0.00212. The van der Waals surface area contributed by atoms with E-state index >= 15 is 0 Å². The van der Waals surface area contributed by atoms with Crippen LogP contribution < -0.4 is 5.32 Å². The number of carbonyl (C=O) groups is 1. The van der Waals surface area contributed by atoms with Crippen molar-refractivity contribution in [3.8, 4) is 0 Å². The average molecular weight is 382 g/mol. The Hall–Kier alpha value is -2.38. The van der Waals surface area contributed by atoms with E-state index in [9.17, 15) is 9.18 Å². The second-order valence-corrected chi connectivity index (χ2v) is 8.13. The van der Waals surface area contributed by atoms with Gasteiger partial charge in [0.05, 0.1) is 17.9 Å². The first-order valence-electron chi connectivity index (χ1n) is 9.82. The molecule has 1 amide bonds. The van der Waals surface area contributed by atoms with E-state index in [1.807, 2.05) is 6.07 Å². The first kappa shape index (κ1) is 17.7. The number of rotatable bonds is 5. The molecule has 1 N–H and O–H groups in total. The van der Waals surface area contributed by atoms with Crippen molar-refractivity contribution < 1.29 is 13.9 Å². The highest BCUT2D eigenvalue weighted by Crippen LogP contribution is 2.54. The van der Waals surface area contributed by atoms with Gasteiger partial charge < -0.3 is 10.1 Å². The SMILES string of the molecule is O=C(NC[C@H]1[C@H]2CN(Cc3cccc(F)c3)C[C@]23CC[C@H]1O3)c1cnccn1. The molecule has 1 spiro atoms. The topological polar surface area (TPSA) is 67.4 Å². The number of ether oxygens (including phenoxy) is 1. The van der Waals surface area contributed by atoms with Gasteiger partial charge >= 0.3 is 0 Å². The summed E-state index contributed by atoms with van der Waals surface area (Å²) in [5.74, 6) is 0.296. The van der Waals surface area contributed by atoms with Crippen LogP contribution in [0.5, 0.6) is 0 Å². The van der Waals surface area contributed by atoms with Crippen molar-refractivity contribution in [3.63, 3.8) is 0 Å². The number of nitrogens with one attached hydrogen (secondary N) is 1. The molecular weight excluding hydrogens is 359 g/mol. The Labute approximate surface area is 163 Å². The summed E-state index contributed by atoms with van der Waals surface area (Å²) >= 11 is 0. The molecule has 0 aliphatic carbocycles. The summed E-state index contributed by atoms with van der Waals surface area (Å²) in [6.07, 6.45) is 6.86. The molecule has 1 aromatic heterocycles. The zero-order chi connectivity index (χ0) is 19.1. The van der Waals surface area contributed by atoms with E-state index in [0.29, 0.717) is 24.1 Å². The van der Waals surface area contributed by atoms with E-state index in [-0.39, 0.29) is 23.4 Å². The molecule has 28 heavy (non-hydrogen) atoms. The van der Waals surface area contributed by atoms with E-state index in [4.69, 9.17) is 4.74 Å². The molecule has 6 nitrogen and oxygen atoms in total. The van der Waals surface area contributed by atoms with Crippen molar-refractivity contribution in [2.75, 3.05) is 19.6 Å². The van der Waals surface area contributed by atoms with Gasteiger partial charge in [-0.25, -0.2) is 9.37 Å². The first-order chi connectivity index (χ1) is 13.6. The maximum absolute atomic E-state index is 13.5. The molecule has 5 rings (SSSR count). The number of carbonyl (C=O) groups excluding carboxylic acids is 1. The molecule has 1 aromatic carbocycles. The minimum Gasteiger partial charge on any atom is -0.370 e. The number of halogens is 1. The number of fused-ring (bicyclic) bond motifs is 1. The van der Waals surface area contributed by atoms with Crippen LogP contribution in [0, 0.1) is 17.7 Å². The van der Waals surface area contributed by atoms with Crippen molar-refractivity contribution in [2.45, 2.75) is 31.1 Å². The molecular formula is C21H23FN4O2. The summed E-state index contributed by atoms with van der Waals surface area (Å²) in [6.45, 7) is 3.10. The average Bonchev–Trinajstić information content (AvgIpc) is 3.35. The number of nitrogens with zero attached hydrogens (tertiary/aromatic N) is 3. The van der Waals surface area contributed by atoms with Crippen LogP contribution in [-0.2, 0) is 11.3 Å². The molecule has 3 fully saturated rings. The van der Waals surface area contributed by atoms with Gasteiger partial charge in [0, 0.05) is 50.4 Å². The van der Waals surface area contributed by atoms with Gasteiger partial charge in [0.1, 0.15) is 11.5 Å². The van der Waals surface area contributed by atoms with E-state index in [1.165, 1.54) is 18.5 Å². The van der Waals surface area contributed by atoms with Gasteiger partial charge in [-0.3, -0.25) is 14.7 Å². The van der Waals surface area contributed by atoms with Gasteiger partial charge in [-0.15, -0.1) is 0 Å². The third-order valence-electron chi connectivity index (χ3n) is 6.44. The Kier molecular flexibility index (Phi) is 4.36. The summed E-state index contributed by atoms with van der Waals surface area (Å²) in [5.41, 5.74) is 1.21. The smallest absolute Gasteiger partial charge is 0.271 e. The van der Waals surface area contributed by atoms with Crippen molar-refractivity contribution in [1.29, 1.82) is 0 Å². The van der Waals surface area contributed by atoms with E-state index in [1.54, 1.807) is 18.3 Å². The Morgan fingerprint density at radius 1 is 1.39 bits per heavy atom. The van der Waals surface area contributed by atoms with Gasteiger partial charge in [0.15, 0.2) is 0 Å². The highest BCUT2D eigenvalue weighted by molar-refractivity contribution is 5.91. The van der Waals surface area contributed by atoms with Gasteiger partial charge in [-0.1, -0.05) is 12.1 Å². The monoisotopic (exact) mass is 382 g/mol. The van der Waals surface area contributed by atoms with Crippen LogP contribution >= 0.6 is 0 Å². The summed E-state index contributed by atoms with van der Waals surface area (Å²) in [5, 5.41) is 3.02. The summed E-state index contributed by atoms with van der Waals surface area (Å²) in [7, 11) is 0. The summed E-state index contributed by atoms with van der Waals surface area (Å²) in [4.78, 5) is 22.7. The molecule has 3 saturated heterocycles. The standard InChI is InChI=1S/C21H23FN4O2/c22-15-3-1-2-14(8-15)11-26-12-17-16(19-4-5-21(17,13-26)28-19)9-25-20(27)18-10-23-6-7-24-18/h1-3,6-8,10,16-17,19H,4-5,9,11-13H2,(H,25,27)/t16-,17+,19+,21+/m0/s1. The normalized spacial score (nSPS) is 31.1. The Bertz CT molecular complexity index is 880. The number of hydrogen-bond acceptors (Lipinski definition) is 5. The Morgan fingerprint density at radius 3 is 3.14 bits per heavy atom. The van der Waals surface area contributed by atoms with Crippen molar-refractivity contribution in [1.82, 2.24) is 20.2 Å². The van der Waals surface area contributed by atoms with Crippen LogP contribution in [0.3, 0.4) is 0 Å². The maximum Gasteiger partial charge on any atom is 0.271 e. The maximum atomic E-state index is 13.5. The molecule has 146 valence electrons. The van der Waals surface area contributed by atoms with Crippen molar-refractivity contribution >= 4 is 5.91 Å². The second-order valence-electron chi connectivity index (χ2n) is 8.13. The molecule has 4 heterocycles. The van der Waals surface area contributed by atoms with Crippen molar-refractivity contribution in [2.24, 2.45) is 11.8 Å². The third-order valence-corrected chi connectivity index (χ3v) is 6.44. The summed E-state index contributed by atoms with van der Waals surface area (Å²) in [6, 6.07) is 6.79. The van der Waals surface area contributed by atoms with Crippen molar-refractivity contribution in [3.05, 3.63) is 59.9 Å². The second kappa shape index (κ2) is 6.90. The van der Waals surface area contributed by atoms with Gasteiger partial charge in [-0.2, -0.15) is 0 Å². The third kappa shape index (κ3) is 3.08. The molecule has 3 aliphatic rings. The van der Waals surface area contributed by atoms with Crippen LogP contribution in [0.1, 0.15) is 28.9 Å². The fourth-order valence-electron chi connectivity index (χ4n) is 5.29. The zero-order valence-electron chi connectivity index (χ0n) is 15.6. The molecule has 0 radical (unpaired) electrons. The van der Waals surface area contributed by atoms with E-state index < -0.39 is 0 Å². The van der Waals surface area contributed by atoms with Crippen LogP contribution in [-0.4, -0.2) is 52.1 Å². The lowest BCUT2D eigenvalue weighted by Crippen LogP contribution is -2.42. The number of amides is 1. The Morgan fingerprint density at radius 2 is 2.32 bits per heavy atom. The molecule has 0 unspecified atom stereocenters. The van der Waals surface area contributed by atoms with Gasteiger partial charge in [0.25, 0.3) is 5.91 Å². The van der Waals surface area contributed by atoms with Crippen LogP contribution in [0.15, 0.2) is 42.9 Å². The van der Waals surface area contributed by atoms with Gasteiger partial charge in [-0.05, 0) is 30.5 Å². The summed E-state index contributed by atoms with van der Waals surface area (Å²) < 4.78 is 19.9. The molecule has 2 bridgehead atoms. The number of benzene rings is 1. The van der Waals surface area contributed by atoms with Crippen LogP contribution in [0.25, 0.3) is 0 Å². The van der Waals surface area contributed by atoms with E-state index in [0.717, 1.165) is 38.0 Å².